The number of hydrogen-bond donors (Lipinski definition) is 0. The van der Waals surface area contributed by atoms with Crippen molar-refractivity contribution in [2.45, 2.75) is 20.5 Å². The van der Waals surface area contributed by atoms with Crippen LogP contribution in [0.15, 0.2) is 54.6 Å². The normalized spacial score (nSPS) is 15.7. The van der Waals surface area contributed by atoms with Gasteiger partial charge in [0, 0.05) is 11.0 Å². The fourth-order valence-corrected chi connectivity index (χ4v) is 2.84. The van der Waals surface area contributed by atoms with Gasteiger partial charge in [0.15, 0.2) is 0 Å². The van der Waals surface area contributed by atoms with Gasteiger partial charge in [0.2, 0.25) is 0 Å². The van der Waals surface area contributed by atoms with Gasteiger partial charge in [-0.05, 0) is 29.3 Å². The predicted octanol–water partition coefficient (Wildman–Crippen LogP) is 4.71. The van der Waals surface area contributed by atoms with Gasteiger partial charge in [-0.2, -0.15) is 0 Å². The topological polar surface area (TPSA) is 27.7 Å². The summed E-state index contributed by atoms with van der Waals surface area (Å²) in [6.07, 6.45) is 2.25. The first-order valence-corrected chi connectivity index (χ1v) is 8.22. The zero-order valence-electron chi connectivity index (χ0n) is 14.5. The Hall–Kier alpha value is -2.26. The maximum absolute atomic E-state index is 5.99. The smallest absolute Gasteiger partial charge is 0.127 e. The lowest BCUT2D eigenvalue weighted by Gasteiger charge is -2.18. The molecule has 0 fully saturated rings. The van der Waals surface area contributed by atoms with Crippen molar-refractivity contribution < 1.29 is 14.2 Å². The lowest BCUT2D eigenvalue weighted by atomic mass is 9.90. The number of fused-ring (bicyclic) bond motifs is 1. The summed E-state index contributed by atoms with van der Waals surface area (Å²) in [6, 6.07) is 16.1. The van der Waals surface area contributed by atoms with E-state index in [1.165, 1.54) is 5.56 Å². The van der Waals surface area contributed by atoms with Crippen LogP contribution < -0.4 is 9.47 Å². The molecule has 1 heterocycles. The molecule has 0 radical (unpaired) electrons. The van der Waals surface area contributed by atoms with E-state index in [4.69, 9.17) is 14.2 Å². The van der Waals surface area contributed by atoms with E-state index < -0.39 is 0 Å². The van der Waals surface area contributed by atoms with Crippen LogP contribution in [-0.4, -0.2) is 20.3 Å². The Labute approximate surface area is 143 Å². The zero-order valence-corrected chi connectivity index (χ0v) is 14.5. The van der Waals surface area contributed by atoms with Gasteiger partial charge in [-0.3, -0.25) is 0 Å². The number of benzene rings is 2. The molecule has 0 aliphatic carbocycles. The van der Waals surface area contributed by atoms with Crippen LogP contribution in [0.4, 0.5) is 0 Å². The standard InChI is InChI=1S/C21H24O3/c1-21(2)12-17(14-23-13-16-7-5-4-6-8-16)19-11-18(22-3)9-10-20(19)24-15-21/h4-12H,13-15H2,1-3H3. The highest BCUT2D eigenvalue weighted by Crippen LogP contribution is 2.37. The molecule has 0 saturated heterocycles. The Morgan fingerprint density at radius 1 is 1.04 bits per heavy atom. The summed E-state index contributed by atoms with van der Waals surface area (Å²) in [4.78, 5) is 0. The molecular weight excluding hydrogens is 300 g/mol. The Bertz CT molecular complexity index is 717. The van der Waals surface area contributed by atoms with Crippen LogP contribution >= 0.6 is 0 Å². The summed E-state index contributed by atoms with van der Waals surface area (Å²) in [5.41, 5.74) is 3.32. The average Bonchev–Trinajstić information content (AvgIpc) is 2.72. The lowest BCUT2D eigenvalue weighted by molar-refractivity contribution is 0.153. The third kappa shape index (κ3) is 3.98. The molecule has 0 N–H and O–H groups in total. The van der Waals surface area contributed by atoms with Crippen molar-refractivity contribution >= 4 is 5.57 Å². The first-order valence-electron chi connectivity index (χ1n) is 8.22. The van der Waals surface area contributed by atoms with Gasteiger partial charge in [-0.15, -0.1) is 0 Å². The largest absolute Gasteiger partial charge is 0.497 e. The van der Waals surface area contributed by atoms with Gasteiger partial charge >= 0.3 is 0 Å². The van der Waals surface area contributed by atoms with E-state index in [1.54, 1.807) is 7.11 Å². The summed E-state index contributed by atoms with van der Waals surface area (Å²) >= 11 is 0. The average molecular weight is 324 g/mol. The van der Waals surface area contributed by atoms with Gasteiger partial charge < -0.3 is 14.2 Å². The summed E-state index contributed by atoms with van der Waals surface area (Å²) in [7, 11) is 1.68. The Balaban J connectivity index is 1.82. The van der Waals surface area contributed by atoms with Gasteiger partial charge in [0.1, 0.15) is 11.5 Å². The van der Waals surface area contributed by atoms with Crippen molar-refractivity contribution in [3.63, 3.8) is 0 Å². The first-order chi connectivity index (χ1) is 11.6. The zero-order chi connectivity index (χ0) is 17.0. The van der Waals surface area contributed by atoms with Crippen LogP contribution in [0.5, 0.6) is 11.5 Å². The fraction of sp³-hybridized carbons (Fsp3) is 0.333. The van der Waals surface area contributed by atoms with Gasteiger partial charge in [0.05, 0.1) is 26.9 Å². The molecule has 3 nitrogen and oxygen atoms in total. The summed E-state index contributed by atoms with van der Waals surface area (Å²) < 4.78 is 17.3. The Morgan fingerprint density at radius 3 is 2.58 bits per heavy atom. The minimum absolute atomic E-state index is 0.0440. The molecule has 0 unspecified atom stereocenters. The number of methoxy groups -OCH3 is 1. The molecule has 2 aromatic rings. The molecule has 0 aromatic heterocycles. The van der Waals surface area contributed by atoms with E-state index in [1.807, 2.05) is 36.4 Å². The number of ether oxygens (including phenoxy) is 3. The highest BCUT2D eigenvalue weighted by molar-refractivity contribution is 5.73. The van der Waals surface area contributed by atoms with Crippen LogP contribution in [0.3, 0.4) is 0 Å². The van der Waals surface area contributed by atoms with E-state index in [0.717, 1.165) is 22.6 Å². The third-order valence-corrected chi connectivity index (χ3v) is 4.07. The van der Waals surface area contributed by atoms with E-state index in [-0.39, 0.29) is 5.41 Å². The maximum atomic E-state index is 5.99. The van der Waals surface area contributed by atoms with E-state index in [0.29, 0.717) is 19.8 Å². The van der Waals surface area contributed by atoms with Crippen molar-refractivity contribution in [2.24, 2.45) is 5.41 Å². The molecule has 24 heavy (non-hydrogen) atoms. The second-order valence-electron chi connectivity index (χ2n) is 6.79. The van der Waals surface area contributed by atoms with Crippen LogP contribution in [0, 0.1) is 5.41 Å². The molecule has 1 aliphatic rings. The lowest BCUT2D eigenvalue weighted by Crippen LogP contribution is -2.17. The molecule has 3 heteroatoms. The van der Waals surface area contributed by atoms with Crippen molar-refractivity contribution in [3.05, 3.63) is 65.7 Å². The van der Waals surface area contributed by atoms with Crippen LogP contribution in [0.1, 0.15) is 25.0 Å². The highest BCUT2D eigenvalue weighted by Gasteiger charge is 2.24. The second kappa shape index (κ2) is 7.10. The second-order valence-corrected chi connectivity index (χ2v) is 6.79. The predicted molar refractivity (Wildman–Crippen MR) is 96.3 cm³/mol. The Kier molecular flexibility index (Phi) is 4.91. The van der Waals surface area contributed by atoms with Crippen LogP contribution in [0.2, 0.25) is 0 Å². The monoisotopic (exact) mass is 324 g/mol. The van der Waals surface area contributed by atoms with Crippen molar-refractivity contribution in [2.75, 3.05) is 20.3 Å². The van der Waals surface area contributed by atoms with Crippen LogP contribution in [-0.2, 0) is 11.3 Å². The van der Waals surface area contributed by atoms with Crippen molar-refractivity contribution in [1.82, 2.24) is 0 Å². The molecular formula is C21H24O3. The molecule has 3 rings (SSSR count). The third-order valence-electron chi connectivity index (χ3n) is 4.07. The number of hydrogen-bond acceptors (Lipinski definition) is 3. The van der Waals surface area contributed by atoms with Crippen LogP contribution in [0.25, 0.3) is 5.57 Å². The molecule has 0 atom stereocenters. The fourth-order valence-electron chi connectivity index (χ4n) is 2.84. The van der Waals surface area contributed by atoms with Crippen molar-refractivity contribution in [1.29, 1.82) is 0 Å². The SMILES string of the molecule is COc1ccc2c(c1)C(COCc1ccccc1)=CC(C)(C)CO2. The van der Waals surface area contributed by atoms with E-state index in [2.05, 4.69) is 32.1 Å². The van der Waals surface area contributed by atoms with E-state index in [9.17, 15) is 0 Å². The Morgan fingerprint density at radius 2 is 1.83 bits per heavy atom. The molecule has 2 aromatic carbocycles. The molecule has 1 aliphatic heterocycles. The molecule has 126 valence electrons. The highest BCUT2D eigenvalue weighted by atomic mass is 16.5. The molecule has 0 bridgehead atoms. The first kappa shape index (κ1) is 16.6. The van der Waals surface area contributed by atoms with Crippen molar-refractivity contribution in [3.8, 4) is 11.5 Å². The molecule has 0 saturated carbocycles. The minimum Gasteiger partial charge on any atom is -0.497 e. The van der Waals surface area contributed by atoms with Gasteiger partial charge in [-0.25, -0.2) is 0 Å². The minimum atomic E-state index is -0.0440. The quantitative estimate of drug-likeness (QED) is 0.797. The maximum Gasteiger partial charge on any atom is 0.127 e. The molecule has 0 amide bonds. The van der Waals surface area contributed by atoms with Gasteiger partial charge in [0.25, 0.3) is 0 Å². The summed E-state index contributed by atoms with van der Waals surface area (Å²) in [5, 5.41) is 0. The summed E-state index contributed by atoms with van der Waals surface area (Å²) in [5.74, 6) is 1.71. The summed E-state index contributed by atoms with van der Waals surface area (Å²) in [6.45, 7) is 6.13. The molecule has 0 spiro atoms. The number of rotatable bonds is 5. The van der Waals surface area contributed by atoms with E-state index >= 15 is 0 Å². The van der Waals surface area contributed by atoms with Gasteiger partial charge in [-0.1, -0.05) is 50.3 Å².